The first-order valence-electron chi connectivity index (χ1n) is 11.4. The van der Waals surface area contributed by atoms with Crippen molar-refractivity contribution in [1.29, 1.82) is 10.8 Å². The Balaban J connectivity index is 5.15. The van der Waals surface area contributed by atoms with Crippen molar-refractivity contribution in [3.05, 3.63) is 0 Å². The number of carboxylic acids is 1. The number of nitrogens with one attached hydrogen (secondary N) is 7. The Bertz CT molecular complexity index is 791. The van der Waals surface area contributed by atoms with Crippen LogP contribution in [-0.2, 0) is 28.7 Å². The highest BCUT2D eigenvalue weighted by molar-refractivity contribution is 5.95. The van der Waals surface area contributed by atoms with Crippen molar-refractivity contribution in [3.63, 3.8) is 0 Å². The molecule has 0 aliphatic carbocycles. The summed E-state index contributed by atoms with van der Waals surface area (Å²) in [6, 6.07) is -2.79. The molecule has 0 bridgehead atoms. The molecule has 12 N–H and O–H groups in total. The van der Waals surface area contributed by atoms with Crippen LogP contribution in [0.1, 0.15) is 45.4 Å². The van der Waals surface area contributed by atoms with Crippen molar-refractivity contribution in [3.8, 4) is 0 Å². The predicted molar refractivity (Wildman–Crippen MR) is 129 cm³/mol. The largest absolute Gasteiger partial charge is 0.481 e. The van der Waals surface area contributed by atoms with Crippen LogP contribution in [0.2, 0.25) is 0 Å². The number of carboxylic acid groups (broad SMARTS) is 1. The van der Waals surface area contributed by atoms with Gasteiger partial charge in [0.25, 0.3) is 0 Å². The van der Waals surface area contributed by atoms with Crippen LogP contribution in [-0.4, -0.2) is 85.0 Å². The highest BCUT2D eigenvalue weighted by Gasteiger charge is 2.30. The van der Waals surface area contributed by atoms with Gasteiger partial charge in [-0.1, -0.05) is 6.92 Å². The molecule has 36 heavy (non-hydrogen) atoms. The van der Waals surface area contributed by atoms with Crippen LogP contribution < -0.4 is 38.1 Å². The number of guanidine groups is 2. The van der Waals surface area contributed by atoms with E-state index in [1.165, 1.54) is 0 Å². The highest BCUT2D eigenvalue weighted by atomic mass is 16.6. The molecule has 16 heteroatoms. The summed E-state index contributed by atoms with van der Waals surface area (Å²) >= 11 is 0. The lowest BCUT2D eigenvalue weighted by atomic mass is 10.1. The van der Waals surface area contributed by atoms with Crippen molar-refractivity contribution in [2.24, 2.45) is 11.5 Å². The zero-order valence-corrected chi connectivity index (χ0v) is 20.3. The molecule has 0 saturated carbocycles. The van der Waals surface area contributed by atoms with Gasteiger partial charge in [-0.25, -0.2) is 4.79 Å². The zero-order valence-electron chi connectivity index (χ0n) is 20.3. The van der Waals surface area contributed by atoms with E-state index in [4.69, 9.17) is 32.1 Å². The molecule has 0 unspecified atom stereocenters. The van der Waals surface area contributed by atoms with Crippen LogP contribution in [0.3, 0.4) is 0 Å². The summed E-state index contributed by atoms with van der Waals surface area (Å²) in [5, 5.41) is 35.8. The first-order valence-corrected chi connectivity index (χ1v) is 11.4. The number of ether oxygens (including phenoxy) is 1. The van der Waals surface area contributed by atoms with E-state index in [0.29, 0.717) is 25.9 Å². The number of carbonyl (C=O) groups is 5. The average Bonchev–Trinajstić information content (AvgIpc) is 2.78. The molecule has 0 heterocycles. The van der Waals surface area contributed by atoms with Gasteiger partial charge in [0, 0.05) is 19.5 Å². The van der Waals surface area contributed by atoms with E-state index in [9.17, 15) is 24.0 Å². The van der Waals surface area contributed by atoms with Crippen LogP contribution in [0.15, 0.2) is 0 Å². The standard InChI is InChI=1S/C20H37N9O7/c1-2-25-11-14(30)28-13(10-15(31)32)17(34)29-12(6-5-9-27-20(23)24)18(35)36-16(33)7-3-4-8-26-19(21)22/h12-13,25H,2-11H2,1H3,(H,28,30)(H,29,34)(H,31,32)(H4,21,22,26)(H4,23,24,27)/t12-,13-/m0/s1. The van der Waals surface area contributed by atoms with Gasteiger partial charge in [0.15, 0.2) is 11.9 Å². The molecule has 0 aliphatic rings. The molecular formula is C20H37N9O7. The van der Waals surface area contributed by atoms with Crippen LogP contribution in [0.4, 0.5) is 0 Å². The van der Waals surface area contributed by atoms with Crippen LogP contribution >= 0.6 is 0 Å². The van der Waals surface area contributed by atoms with Crippen molar-refractivity contribution in [2.75, 3.05) is 26.2 Å². The molecule has 0 fully saturated rings. The van der Waals surface area contributed by atoms with Gasteiger partial charge in [0.1, 0.15) is 12.1 Å². The first-order chi connectivity index (χ1) is 17.0. The third kappa shape index (κ3) is 16.6. The summed E-state index contributed by atoms with van der Waals surface area (Å²) in [5.41, 5.74) is 10.4. The molecule has 0 aliphatic heterocycles. The molecule has 0 aromatic carbocycles. The predicted octanol–water partition coefficient (Wildman–Crippen LogP) is -2.97. The molecule has 0 aromatic heterocycles. The second kappa shape index (κ2) is 18.4. The lowest BCUT2D eigenvalue weighted by Gasteiger charge is -2.22. The summed E-state index contributed by atoms with van der Waals surface area (Å²) in [7, 11) is 0. The topological polar surface area (TPSA) is 275 Å². The number of likely N-dealkylation sites (N-methyl/N-ethyl adjacent to an activating group) is 1. The number of unbranched alkanes of at least 4 members (excludes halogenated alkanes) is 1. The molecule has 2 amide bonds. The summed E-state index contributed by atoms with van der Waals surface area (Å²) in [5.74, 6) is -5.28. The Kier molecular flexibility index (Phi) is 16.4. The van der Waals surface area contributed by atoms with Crippen molar-refractivity contribution in [2.45, 2.75) is 57.5 Å². The number of esters is 2. The number of hydrogen-bond acceptors (Lipinski definition) is 9. The van der Waals surface area contributed by atoms with E-state index in [-0.39, 0.29) is 44.3 Å². The monoisotopic (exact) mass is 515 g/mol. The Hall–Kier alpha value is -3.95. The number of amides is 2. The Labute approximate surface area is 208 Å². The zero-order chi connectivity index (χ0) is 27.5. The maximum Gasteiger partial charge on any atom is 0.336 e. The van der Waals surface area contributed by atoms with E-state index in [1.807, 2.05) is 0 Å². The molecule has 204 valence electrons. The number of nitrogens with two attached hydrogens (primary N) is 2. The minimum absolute atomic E-state index is 0.0220. The molecule has 0 radical (unpaired) electrons. The first kappa shape index (κ1) is 32.0. The van der Waals surface area contributed by atoms with Crippen molar-refractivity contribution >= 4 is 41.6 Å². The van der Waals surface area contributed by atoms with Gasteiger partial charge in [0.05, 0.1) is 13.0 Å². The molecule has 2 atom stereocenters. The maximum absolute atomic E-state index is 12.7. The molecular weight excluding hydrogens is 478 g/mol. The average molecular weight is 516 g/mol. The van der Waals surface area contributed by atoms with Gasteiger partial charge in [-0.05, 0) is 32.2 Å². The van der Waals surface area contributed by atoms with Gasteiger partial charge in [-0.15, -0.1) is 0 Å². The fourth-order valence-electron chi connectivity index (χ4n) is 2.77. The highest BCUT2D eigenvalue weighted by Crippen LogP contribution is 2.05. The van der Waals surface area contributed by atoms with E-state index < -0.39 is 48.2 Å². The Morgan fingerprint density at radius 1 is 0.917 bits per heavy atom. The quantitative estimate of drug-likeness (QED) is 0.0288. The number of aliphatic carboxylic acids is 1. The lowest BCUT2D eigenvalue weighted by Crippen LogP contribution is -2.54. The molecule has 16 nitrogen and oxygen atoms in total. The smallest absolute Gasteiger partial charge is 0.336 e. The minimum Gasteiger partial charge on any atom is -0.481 e. The lowest BCUT2D eigenvalue weighted by molar-refractivity contribution is -0.162. The SMILES string of the molecule is CCNCC(=O)N[C@@H](CC(=O)O)C(=O)N[C@@H](CCCNC(=N)N)C(=O)OC(=O)CCCCNC(=N)N. The third-order valence-corrected chi connectivity index (χ3v) is 4.49. The minimum atomic E-state index is -1.47. The normalized spacial score (nSPS) is 11.9. The third-order valence-electron chi connectivity index (χ3n) is 4.49. The van der Waals surface area contributed by atoms with Gasteiger partial charge in [-0.2, -0.15) is 0 Å². The maximum atomic E-state index is 12.7. The summed E-state index contributed by atoms with van der Waals surface area (Å²) < 4.78 is 4.83. The number of hydrogen-bond donors (Lipinski definition) is 10. The number of rotatable bonds is 18. The van der Waals surface area contributed by atoms with Crippen molar-refractivity contribution < 1.29 is 33.8 Å². The van der Waals surface area contributed by atoms with E-state index in [0.717, 1.165) is 0 Å². The summed E-state index contributed by atoms with van der Waals surface area (Å²) in [4.78, 5) is 60.5. The van der Waals surface area contributed by atoms with E-state index >= 15 is 0 Å². The van der Waals surface area contributed by atoms with Crippen LogP contribution in [0, 0.1) is 10.8 Å². The van der Waals surface area contributed by atoms with Gasteiger partial charge < -0.3 is 47.9 Å². The molecule has 0 spiro atoms. The van der Waals surface area contributed by atoms with E-state index in [1.54, 1.807) is 6.92 Å². The fraction of sp³-hybridized carbons (Fsp3) is 0.650. The van der Waals surface area contributed by atoms with Crippen molar-refractivity contribution in [1.82, 2.24) is 26.6 Å². The summed E-state index contributed by atoms with van der Waals surface area (Å²) in [6.07, 6.45) is 0.227. The van der Waals surface area contributed by atoms with Crippen LogP contribution in [0.5, 0.6) is 0 Å². The van der Waals surface area contributed by atoms with E-state index in [2.05, 4.69) is 26.6 Å². The second-order valence-electron chi connectivity index (χ2n) is 7.63. The Morgan fingerprint density at radius 3 is 2.08 bits per heavy atom. The Morgan fingerprint density at radius 2 is 1.53 bits per heavy atom. The second-order valence-corrected chi connectivity index (χ2v) is 7.63. The molecule has 0 saturated heterocycles. The summed E-state index contributed by atoms with van der Waals surface area (Å²) in [6.45, 7) is 2.65. The van der Waals surface area contributed by atoms with Gasteiger partial charge in [-0.3, -0.25) is 30.0 Å². The van der Waals surface area contributed by atoms with Gasteiger partial charge >= 0.3 is 17.9 Å². The van der Waals surface area contributed by atoms with Gasteiger partial charge in [0.2, 0.25) is 11.8 Å². The number of carbonyl (C=O) groups excluding carboxylic acids is 4. The van der Waals surface area contributed by atoms with Crippen LogP contribution in [0.25, 0.3) is 0 Å². The fourth-order valence-corrected chi connectivity index (χ4v) is 2.77. The molecule has 0 rings (SSSR count). The molecule has 0 aromatic rings.